The summed E-state index contributed by atoms with van der Waals surface area (Å²) < 4.78 is 17.0. The number of ether oxygens (including phenoxy) is 3. The van der Waals surface area contributed by atoms with Crippen molar-refractivity contribution in [1.29, 1.82) is 0 Å². The first-order valence-corrected chi connectivity index (χ1v) is 10.1. The third-order valence-corrected chi connectivity index (χ3v) is 5.54. The number of methoxy groups -OCH3 is 2. The maximum Gasteiger partial charge on any atom is 0.165 e. The van der Waals surface area contributed by atoms with Crippen molar-refractivity contribution in [2.45, 2.75) is 32.0 Å². The highest BCUT2D eigenvalue weighted by Crippen LogP contribution is 2.32. The first-order chi connectivity index (χ1) is 14.2. The van der Waals surface area contributed by atoms with Crippen molar-refractivity contribution in [3.8, 4) is 11.5 Å². The van der Waals surface area contributed by atoms with Crippen molar-refractivity contribution < 1.29 is 14.2 Å². The Hall–Kier alpha value is -2.35. The van der Waals surface area contributed by atoms with Gasteiger partial charge in [0.15, 0.2) is 11.5 Å². The second-order valence-corrected chi connectivity index (χ2v) is 7.57. The summed E-state index contributed by atoms with van der Waals surface area (Å²) in [7, 11) is 3.32. The molecule has 2 aromatic heterocycles. The zero-order valence-corrected chi connectivity index (χ0v) is 17.4. The lowest BCUT2D eigenvalue weighted by Crippen LogP contribution is -2.31. The molecule has 1 fully saturated rings. The van der Waals surface area contributed by atoms with E-state index >= 15 is 0 Å². The molecular weight excluding hydrogens is 392 g/mol. The Morgan fingerprint density at radius 2 is 2.07 bits per heavy atom. The van der Waals surface area contributed by atoms with E-state index in [2.05, 4.69) is 26.1 Å². The predicted molar refractivity (Wildman–Crippen MR) is 112 cm³/mol. The SMILES string of the molecule is COc1cccc(CN(Cc2cncc3c(Cl)[nH]nc23)CC2CCCO2)c1OC. The lowest BCUT2D eigenvalue weighted by molar-refractivity contribution is 0.0677. The first-order valence-electron chi connectivity index (χ1n) is 9.70. The molecule has 0 radical (unpaired) electrons. The largest absolute Gasteiger partial charge is 0.493 e. The average Bonchev–Trinajstić information content (AvgIpc) is 3.38. The van der Waals surface area contributed by atoms with Gasteiger partial charge in [0, 0.05) is 49.8 Å². The zero-order valence-electron chi connectivity index (χ0n) is 16.7. The number of halogens is 1. The molecule has 3 aromatic rings. The number of aromatic amines is 1. The number of nitrogens with zero attached hydrogens (tertiary/aromatic N) is 3. The van der Waals surface area contributed by atoms with E-state index in [-0.39, 0.29) is 6.10 Å². The minimum Gasteiger partial charge on any atom is -0.493 e. The number of fused-ring (bicyclic) bond motifs is 1. The van der Waals surface area contributed by atoms with Gasteiger partial charge in [0.05, 0.1) is 25.7 Å². The molecule has 154 valence electrons. The van der Waals surface area contributed by atoms with Crippen LogP contribution in [0.4, 0.5) is 0 Å². The van der Waals surface area contributed by atoms with Crippen molar-refractivity contribution in [2.75, 3.05) is 27.4 Å². The van der Waals surface area contributed by atoms with Crippen molar-refractivity contribution in [3.63, 3.8) is 0 Å². The van der Waals surface area contributed by atoms with E-state index in [4.69, 9.17) is 25.8 Å². The minimum atomic E-state index is 0.224. The van der Waals surface area contributed by atoms with Crippen LogP contribution in [-0.4, -0.2) is 53.6 Å². The fourth-order valence-electron chi connectivity index (χ4n) is 3.89. The maximum atomic E-state index is 6.20. The summed E-state index contributed by atoms with van der Waals surface area (Å²) in [6.45, 7) is 3.00. The molecule has 0 saturated carbocycles. The summed E-state index contributed by atoms with van der Waals surface area (Å²) in [5, 5.41) is 8.56. The molecule has 0 amide bonds. The van der Waals surface area contributed by atoms with Crippen LogP contribution in [-0.2, 0) is 17.8 Å². The second-order valence-electron chi connectivity index (χ2n) is 7.19. The van der Waals surface area contributed by atoms with Crippen molar-refractivity contribution in [2.24, 2.45) is 0 Å². The molecule has 1 aromatic carbocycles. The lowest BCUT2D eigenvalue weighted by atomic mass is 10.1. The van der Waals surface area contributed by atoms with E-state index in [1.165, 1.54) is 0 Å². The number of hydrogen-bond acceptors (Lipinski definition) is 6. The van der Waals surface area contributed by atoms with Crippen LogP contribution in [0.1, 0.15) is 24.0 Å². The number of hydrogen-bond donors (Lipinski definition) is 1. The van der Waals surface area contributed by atoms with Gasteiger partial charge in [-0.3, -0.25) is 15.0 Å². The monoisotopic (exact) mass is 416 g/mol. The molecule has 3 heterocycles. The number of H-pyrrole nitrogens is 1. The molecule has 1 N–H and O–H groups in total. The van der Waals surface area contributed by atoms with Crippen molar-refractivity contribution >= 4 is 22.5 Å². The van der Waals surface area contributed by atoms with E-state index in [0.717, 1.165) is 59.5 Å². The molecule has 1 unspecified atom stereocenters. The Kier molecular flexibility index (Phi) is 6.18. The van der Waals surface area contributed by atoms with Crippen molar-refractivity contribution in [3.05, 3.63) is 46.9 Å². The first kappa shape index (κ1) is 19.9. The third-order valence-electron chi connectivity index (χ3n) is 5.25. The number of rotatable bonds is 8. The average molecular weight is 417 g/mol. The molecule has 8 heteroatoms. The molecule has 1 atom stereocenters. The summed E-state index contributed by atoms with van der Waals surface area (Å²) in [6, 6.07) is 5.95. The molecule has 0 aliphatic carbocycles. The summed E-state index contributed by atoms with van der Waals surface area (Å²) in [5.74, 6) is 1.48. The molecule has 7 nitrogen and oxygen atoms in total. The zero-order chi connectivity index (χ0) is 20.2. The van der Waals surface area contributed by atoms with Gasteiger partial charge in [0.25, 0.3) is 0 Å². The smallest absolute Gasteiger partial charge is 0.165 e. The second kappa shape index (κ2) is 8.98. The molecular formula is C21H25ClN4O3. The van der Waals surface area contributed by atoms with Crippen LogP contribution in [0.25, 0.3) is 10.9 Å². The minimum absolute atomic E-state index is 0.224. The third kappa shape index (κ3) is 4.32. The van der Waals surface area contributed by atoms with Crippen LogP contribution in [0.15, 0.2) is 30.6 Å². The fraction of sp³-hybridized carbons (Fsp3) is 0.429. The molecule has 1 saturated heterocycles. The normalized spacial score (nSPS) is 16.6. The van der Waals surface area contributed by atoms with Gasteiger partial charge in [-0.1, -0.05) is 23.7 Å². The molecule has 1 aliphatic rings. The topological polar surface area (TPSA) is 72.5 Å². The highest BCUT2D eigenvalue weighted by Gasteiger charge is 2.22. The summed E-state index contributed by atoms with van der Waals surface area (Å²) in [4.78, 5) is 6.69. The Morgan fingerprint density at radius 3 is 2.83 bits per heavy atom. The predicted octanol–water partition coefficient (Wildman–Crippen LogP) is 3.81. The Bertz CT molecular complexity index is 972. The Morgan fingerprint density at radius 1 is 1.21 bits per heavy atom. The Balaban J connectivity index is 1.63. The van der Waals surface area contributed by atoms with E-state index < -0.39 is 0 Å². The molecule has 29 heavy (non-hydrogen) atoms. The fourth-order valence-corrected chi connectivity index (χ4v) is 4.07. The van der Waals surface area contributed by atoms with Gasteiger partial charge < -0.3 is 14.2 Å². The summed E-state index contributed by atoms with van der Waals surface area (Å²) in [6.07, 6.45) is 5.99. The number of aromatic nitrogens is 3. The highest BCUT2D eigenvalue weighted by molar-refractivity contribution is 6.34. The maximum absolute atomic E-state index is 6.20. The quantitative estimate of drug-likeness (QED) is 0.602. The molecule has 0 spiro atoms. The van der Waals surface area contributed by atoms with Crippen LogP contribution in [0.5, 0.6) is 11.5 Å². The lowest BCUT2D eigenvalue weighted by Gasteiger charge is -2.26. The van der Waals surface area contributed by atoms with Gasteiger partial charge in [0.2, 0.25) is 0 Å². The van der Waals surface area contributed by atoms with Gasteiger partial charge >= 0.3 is 0 Å². The van der Waals surface area contributed by atoms with Gasteiger partial charge in [-0.15, -0.1) is 0 Å². The van der Waals surface area contributed by atoms with E-state index in [1.54, 1.807) is 20.4 Å². The summed E-state index contributed by atoms with van der Waals surface area (Å²) in [5.41, 5.74) is 2.93. The molecule has 0 bridgehead atoms. The van der Waals surface area contributed by atoms with Crippen LogP contribution < -0.4 is 9.47 Å². The van der Waals surface area contributed by atoms with E-state index in [0.29, 0.717) is 18.2 Å². The van der Waals surface area contributed by atoms with Crippen LogP contribution in [0, 0.1) is 0 Å². The number of pyridine rings is 1. The van der Waals surface area contributed by atoms with Crippen LogP contribution >= 0.6 is 11.6 Å². The highest BCUT2D eigenvalue weighted by atomic mass is 35.5. The van der Waals surface area contributed by atoms with Crippen LogP contribution in [0.3, 0.4) is 0 Å². The van der Waals surface area contributed by atoms with E-state index in [9.17, 15) is 0 Å². The number of benzene rings is 1. The van der Waals surface area contributed by atoms with Gasteiger partial charge in [-0.2, -0.15) is 5.10 Å². The standard InChI is InChI=1S/C21H25ClN4O3/c1-27-18-7-3-5-14(20(18)28-2)11-26(13-16-6-4-8-29-16)12-15-9-23-10-17-19(15)24-25-21(17)22/h3,5,7,9-10,16H,4,6,8,11-13H2,1-2H3,(H,24,25). The molecule has 4 rings (SSSR count). The Labute approximate surface area is 174 Å². The van der Waals surface area contributed by atoms with Crippen molar-refractivity contribution in [1.82, 2.24) is 20.1 Å². The number of para-hydroxylation sites is 1. The van der Waals surface area contributed by atoms with E-state index in [1.807, 2.05) is 18.3 Å². The summed E-state index contributed by atoms with van der Waals surface area (Å²) >= 11 is 6.20. The van der Waals surface area contributed by atoms with Gasteiger partial charge in [0.1, 0.15) is 10.7 Å². The van der Waals surface area contributed by atoms with Crippen LogP contribution in [0.2, 0.25) is 5.15 Å². The number of nitrogens with one attached hydrogen (secondary N) is 1. The van der Waals surface area contributed by atoms with Gasteiger partial charge in [-0.05, 0) is 18.9 Å². The van der Waals surface area contributed by atoms with Gasteiger partial charge in [-0.25, -0.2) is 0 Å². The molecule has 1 aliphatic heterocycles.